The number of nitrogens with zero attached hydrogens (tertiary/aromatic N) is 4. The molecule has 0 bridgehead atoms. The fourth-order valence-corrected chi connectivity index (χ4v) is 3.44. The Balaban J connectivity index is 1.55. The molecule has 0 aliphatic rings. The van der Waals surface area contributed by atoms with E-state index in [1.165, 1.54) is 36.4 Å². The van der Waals surface area contributed by atoms with Crippen molar-refractivity contribution in [3.8, 4) is 0 Å². The fourth-order valence-electron chi connectivity index (χ4n) is 2.71. The summed E-state index contributed by atoms with van der Waals surface area (Å²) in [5, 5.41) is 24.6. The van der Waals surface area contributed by atoms with Gasteiger partial charge in [-0.1, -0.05) is 23.9 Å². The van der Waals surface area contributed by atoms with Crippen molar-refractivity contribution in [3.05, 3.63) is 75.3 Å². The van der Waals surface area contributed by atoms with E-state index >= 15 is 0 Å². The molecule has 1 aromatic heterocycles. The van der Waals surface area contributed by atoms with E-state index < -0.39 is 16.6 Å². The average Bonchev–Trinajstić information content (AvgIpc) is 3.13. The van der Waals surface area contributed by atoms with Crippen molar-refractivity contribution < 1.29 is 18.9 Å². The van der Waals surface area contributed by atoms with E-state index in [0.29, 0.717) is 22.2 Å². The van der Waals surface area contributed by atoms with Crippen LogP contribution in [0.15, 0.2) is 47.6 Å². The molecule has 2 amide bonds. The van der Waals surface area contributed by atoms with E-state index in [4.69, 9.17) is 0 Å². The van der Waals surface area contributed by atoms with Crippen LogP contribution in [0, 0.1) is 22.9 Å². The summed E-state index contributed by atoms with van der Waals surface area (Å²) in [6.07, 6.45) is 0. The number of nitro benzene ring substituents is 1. The summed E-state index contributed by atoms with van der Waals surface area (Å²) >= 11 is 1.14. The van der Waals surface area contributed by atoms with E-state index in [1.54, 1.807) is 24.6 Å². The Hall–Kier alpha value is -3.80. The molecule has 0 fully saturated rings. The van der Waals surface area contributed by atoms with Crippen molar-refractivity contribution in [2.45, 2.75) is 18.6 Å². The summed E-state index contributed by atoms with van der Waals surface area (Å²) in [4.78, 5) is 34.7. The largest absolute Gasteiger partial charge is 0.345 e. The first-order valence-electron chi connectivity index (χ1n) is 9.35. The van der Waals surface area contributed by atoms with Crippen molar-refractivity contribution in [1.82, 2.24) is 20.1 Å². The highest BCUT2D eigenvalue weighted by Crippen LogP contribution is 2.20. The number of thioether (sulfide) groups is 1. The van der Waals surface area contributed by atoms with Crippen LogP contribution in [0.25, 0.3) is 0 Å². The second kappa shape index (κ2) is 10.0. The topological polar surface area (TPSA) is 132 Å². The minimum absolute atomic E-state index is 0.0297. The molecule has 12 heteroatoms. The molecule has 1 heterocycles. The van der Waals surface area contributed by atoms with Crippen LogP contribution in [0.1, 0.15) is 21.7 Å². The Morgan fingerprint density at radius 2 is 1.97 bits per heavy atom. The van der Waals surface area contributed by atoms with Gasteiger partial charge >= 0.3 is 0 Å². The van der Waals surface area contributed by atoms with Crippen LogP contribution in [0.5, 0.6) is 0 Å². The highest BCUT2D eigenvalue weighted by atomic mass is 32.2. The standard InChI is InChI=1S/C20H19FN6O4S/c1-12-15(21)7-4-8-16(12)23-18(28)11-32-20-25-24-17(26(20)2)10-22-19(29)13-5-3-6-14(9-13)27(30)31/h3-9H,10-11H2,1-2H3,(H,22,29)(H,23,28). The number of non-ortho nitro benzene ring substituents is 1. The molecular formula is C20H19FN6O4S. The van der Waals surface area contributed by atoms with Crippen LogP contribution >= 0.6 is 11.8 Å². The number of rotatable bonds is 8. The molecule has 0 saturated carbocycles. The fraction of sp³-hybridized carbons (Fsp3) is 0.200. The maximum absolute atomic E-state index is 13.6. The van der Waals surface area contributed by atoms with Crippen molar-refractivity contribution in [2.75, 3.05) is 11.1 Å². The molecular weight excluding hydrogens is 439 g/mol. The predicted octanol–water partition coefficient (Wildman–Crippen LogP) is 2.83. The molecule has 32 heavy (non-hydrogen) atoms. The summed E-state index contributed by atoms with van der Waals surface area (Å²) in [5.74, 6) is -0.752. The molecule has 0 unspecified atom stereocenters. The molecule has 0 radical (unpaired) electrons. The first-order chi connectivity index (χ1) is 15.3. The SMILES string of the molecule is Cc1c(F)cccc1NC(=O)CSc1nnc(CNC(=O)c2cccc([N+](=O)[O-])c2)n1C. The third-order valence-corrected chi connectivity index (χ3v) is 5.55. The smallest absolute Gasteiger partial charge is 0.270 e. The Bertz CT molecular complexity index is 1180. The highest BCUT2D eigenvalue weighted by molar-refractivity contribution is 7.99. The van der Waals surface area contributed by atoms with Gasteiger partial charge in [-0.15, -0.1) is 10.2 Å². The molecule has 166 valence electrons. The number of carbonyl (C=O) groups excluding carboxylic acids is 2. The zero-order chi connectivity index (χ0) is 23.3. The van der Waals surface area contributed by atoms with E-state index in [9.17, 15) is 24.1 Å². The van der Waals surface area contributed by atoms with E-state index in [2.05, 4.69) is 20.8 Å². The van der Waals surface area contributed by atoms with Crippen molar-refractivity contribution in [3.63, 3.8) is 0 Å². The summed E-state index contributed by atoms with van der Waals surface area (Å²) < 4.78 is 15.2. The minimum Gasteiger partial charge on any atom is -0.345 e. The summed E-state index contributed by atoms with van der Waals surface area (Å²) in [6, 6.07) is 9.84. The molecule has 3 aromatic rings. The number of anilines is 1. The van der Waals surface area contributed by atoms with Gasteiger partial charge in [0, 0.05) is 36.0 Å². The second-order valence-electron chi connectivity index (χ2n) is 6.70. The van der Waals surface area contributed by atoms with Gasteiger partial charge in [0.2, 0.25) is 5.91 Å². The van der Waals surface area contributed by atoms with Gasteiger partial charge in [0.25, 0.3) is 11.6 Å². The Labute approximate surface area is 186 Å². The van der Waals surface area contributed by atoms with Gasteiger partial charge in [-0.2, -0.15) is 0 Å². The van der Waals surface area contributed by atoms with Gasteiger partial charge in [-0.25, -0.2) is 4.39 Å². The number of aromatic nitrogens is 3. The second-order valence-corrected chi connectivity index (χ2v) is 7.64. The Morgan fingerprint density at radius 3 is 2.72 bits per heavy atom. The maximum atomic E-state index is 13.6. The van der Waals surface area contributed by atoms with E-state index in [-0.39, 0.29) is 29.5 Å². The van der Waals surface area contributed by atoms with Crippen LogP contribution < -0.4 is 10.6 Å². The molecule has 0 aliphatic carbocycles. The normalized spacial score (nSPS) is 10.6. The number of benzene rings is 2. The van der Waals surface area contributed by atoms with Gasteiger partial charge in [0.15, 0.2) is 11.0 Å². The highest BCUT2D eigenvalue weighted by Gasteiger charge is 2.15. The molecule has 2 aromatic carbocycles. The van der Waals surface area contributed by atoms with Crippen LogP contribution in [-0.4, -0.2) is 37.3 Å². The number of nitrogens with one attached hydrogen (secondary N) is 2. The Kier molecular flexibility index (Phi) is 7.15. The molecule has 0 spiro atoms. The number of hydrogen-bond donors (Lipinski definition) is 2. The maximum Gasteiger partial charge on any atom is 0.270 e. The van der Waals surface area contributed by atoms with Crippen LogP contribution in [0.3, 0.4) is 0 Å². The van der Waals surface area contributed by atoms with Gasteiger partial charge in [0.1, 0.15) is 5.82 Å². The van der Waals surface area contributed by atoms with Gasteiger partial charge in [-0.05, 0) is 25.1 Å². The summed E-state index contributed by atoms with van der Waals surface area (Å²) in [7, 11) is 1.69. The molecule has 0 aliphatic heterocycles. The van der Waals surface area contributed by atoms with Gasteiger partial charge in [0.05, 0.1) is 17.2 Å². The van der Waals surface area contributed by atoms with E-state index in [1.807, 2.05) is 0 Å². The first kappa shape index (κ1) is 22.9. The monoisotopic (exact) mass is 458 g/mol. The zero-order valence-corrected chi connectivity index (χ0v) is 18.0. The lowest BCUT2D eigenvalue weighted by Gasteiger charge is -2.09. The molecule has 0 saturated heterocycles. The van der Waals surface area contributed by atoms with E-state index in [0.717, 1.165) is 11.8 Å². The molecule has 3 rings (SSSR count). The van der Waals surface area contributed by atoms with Crippen molar-refractivity contribution in [1.29, 1.82) is 0 Å². The predicted molar refractivity (Wildman–Crippen MR) is 116 cm³/mol. The third-order valence-electron chi connectivity index (χ3n) is 4.53. The minimum atomic E-state index is -0.575. The first-order valence-corrected chi connectivity index (χ1v) is 10.3. The van der Waals surface area contributed by atoms with Crippen molar-refractivity contribution >= 4 is 35.0 Å². The number of carbonyl (C=O) groups is 2. The van der Waals surface area contributed by atoms with Gasteiger partial charge in [-0.3, -0.25) is 19.7 Å². The Morgan fingerprint density at radius 1 is 1.22 bits per heavy atom. The lowest BCUT2D eigenvalue weighted by atomic mass is 10.2. The lowest BCUT2D eigenvalue weighted by Crippen LogP contribution is -2.24. The number of amides is 2. The zero-order valence-electron chi connectivity index (χ0n) is 17.2. The average molecular weight is 458 g/mol. The molecule has 10 nitrogen and oxygen atoms in total. The third kappa shape index (κ3) is 5.46. The number of nitro groups is 1. The van der Waals surface area contributed by atoms with Crippen molar-refractivity contribution in [2.24, 2.45) is 7.05 Å². The number of hydrogen-bond acceptors (Lipinski definition) is 7. The molecule has 2 N–H and O–H groups in total. The number of halogens is 1. The van der Waals surface area contributed by atoms with Crippen LogP contribution in [0.4, 0.5) is 15.8 Å². The molecule has 0 atom stereocenters. The van der Waals surface area contributed by atoms with Crippen LogP contribution in [-0.2, 0) is 18.4 Å². The quantitative estimate of drug-likeness (QED) is 0.301. The van der Waals surface area contributed by atoms with Gasteiger partial charge < -0.3 is 15.2 Å². The van der Waals surface area contributed by atoms with Crippen LogP contribution in [0.2, 0.25) is 0 Å². The summed E-state index contributed by atoms with van der Waals surface area (Å²) in [6.45, 7) is 1.62. The summed E-state index contributed by atoms with van der Waals surface area (Å²) in [5.41, 5.74) is 0.728. The lowest BCUT2D eigenvalue weighted by molar-refractivity contribution is -0.384.